The van der Waals surface area contributed by atoms with E-state index in [-0.39, 0.29) is 11.6 Å². The molecule has 136 valence electrons. The highest BCUT2D eigenvalue weighted by atomic mass is 79.9. The van der Waals surface area contributed by atoms with Crippen LogP contribution < -0.4 is 5.32 Å². The molecule has 2 atom stereocenters. The number of allylic oxidation sites excluding steroid dienone is 4. The van der Waals surface area contributed by atoms with Gasteiger partial charge in [0, 0.05) is 22.0 Å². The van der Waals surface area contributed by atoms with Crippen LogP contribution in [-0.4, -0.2) is 29.8 Å². The fourth-order valence-electron chi connectivity index (χ4n) is 4.20. The lowest BCUT2D eigenvalue weighted by Crippen LogP contribution is -2.41. The van der Waals surface area contributed by atoms with E-state index in [9.17, 15) is 5.11 Å². The molecule has 2 heterocycles. The summed E-state index contributed by atoms with van der Waals surface area (Å²) >= 11 is 3.74. The van der Waals surface area contributed by atoms with E-state index in [1.54, 1.807) is 0 Å². The van der Waals surface area contributed by atoms with Gasteiger partial charge in [-0.3, -0.25) is 4.90 Å². The summed E-state index contributed by atoms with van der Waals surface area (Å²) in [6.07, 6.45) is 7.51. The highest BCUT2D eigenvalue weighted by Crippen LogP contribution is 2.56. The van der Waals surface area contributed by atoms with E-state index in [4.69, 9.17) is 0 Å². The van der Waals surface area contributed by atoms with Crippen molar-refractivity contribution in [1.82, 2.24) is 4.90 Å². The molecule has 2 unspecified atom stereocenters. The van der Waals surface area contributed by atoms with E-state index < -0.39 is 0 Å². The van der Waals surface area contributed by atoms with E-state index in [1.807, 2.05) is 0 Å². The number of aromatic hydroxyl groups is 1. The van der Waals surface area contributed by atoms with E-state index in [0.29, 0.717) is 5.75 Å². The highest BCUT2D eigenvalue weighted by molar-refractivity contribution is 9.10. The molecule has 1 aromatic carbocycles. The van der Waals surface area contributed by atoms with Gasteiger partial charge in [0.25, 0.3) is 0 Å². The van der Waals surface area contributed by atoms with Gasteiger partial charge in [0.2, 0.25) is 0 Å². The first-order valence-electron chi connectivity index (χ1n) is 9.04. The van der Waals surface area contributed by atoms with Crippen LogP contribution in [0.3, 0.4) is 0 Å². The Morgan fingerprint density at radius 3 is 2.64 bits per heavy atom. The maximum absolute atomic E-state index is 11.2. The minimum absolute atomic E-state index is 0.0606. The van der Waals surface area contributed by atoms with Crippen molar-refractivity contribution in [3.05, 3.63) is 45.0 Å². The minimum atomic E-state index is -0.0606. The van der Waals surface area contributed by atoms with Crippen molar-refractivity contribution in [2.45, 2.75) is 58.5 Å². The van der Waals surface area contributed by atoms with Crippen molar-refractivity contribution >= 4 is 21.6 Å². The summed E-state index contributed by atoms with van der Waals surface area (Å²) in [6, 6.07) is 2.07. The summed E-state index contributed by atoms with van der Waals surface area (Å²) in [4.78, 5) is 2.38. The van der Waals surface area contributed by atoms with Crippen molar-refractivity contribution < 1.29 is 5.11 Å². The molecule has 0 aliphatic carbocycles. The standard InChI is InChI=1S/C21H29BrN2O/c1-13(2)6-7-15-12-16(22)18-17(19(15)25)21(9-8-14(3)4)10-11-24(5)20(21)23-18/h6,8,12,20,23,25H,7,9-11H2,1-5H3. The van der Waals surface area contributed by atoms with Crippen LogP contribution in [0.15, 0.2) is 33.8 Å². The Bertz CT molecular complexity index is 745. The van der Waals surface area contributed by atoms with Gasteiger partial charge in [-0.05, 0) is 81.6 Å². The molecule has 0 bridgehead atoms. The number of rotatable bonds is 4. The van der Waals surface area contributed by atoms with E-state index >= 15 is 0 Å². The van der Waals surface area contributed by atoms with Crippen LogP contribution in [0, 0.1) is 0 Å². The Morgan fingerprint density at radius 1 is 1.32 bits per heavy atom. The number of phenols is 1. The zero-order chi connectivity index (χ0) is 18.4. The van der Waals surface area contributed by atoms with E-state index in [0.717, 1.165) is 47.1 Å². The van der Waals surface area contributed by atoms with Gasteiger partial charge in [-0.15, -0.1) is 0 Å². The largest absolute Gasteiger partial charge is 0.507 e. The summed E-state index contributed by atoms with van der Waals surface area (Å²) in [5.41, 5.74) is 5.71. The Labute approximate surface area is 159 Å². The van der Waals surface area contributed by atoms with Crippen LogP contribution in [0.4, 0.5) is 5.69 Å². The Morgan fingerprint density at radius 2 is 2.00 bits per heavy atom. The SMILES string of the molecule is CC(C)=CCc1cc(Br)c2c(c1O)C1(CC=C(C)C)CCN(C)C1N2. The van der Waals surface area contributed by atoms with Gasteiger partial charge < -0.3 is 10.4 Å². The number of halogens is 1. The average molecular weight is 405 g/mol. The predicted molar refractivity (Wildman–Crippen MR) is 109 cm³/mol. The number of fused-ring (bicyclic) bond motifs is 3. The van der Waals surface area contributed by atoms with Crippen molar-refractivity contribution in [3.8, 4) is 5.75 Å². The van der Waals surface area contributed by atoms with E-state index in [1.165, 1.54) is 11.1 Å². The number of hydrogen-bond donors (Lipinski definition) is 2. The van der Waals surface area contributed by atoms with Crippen LogP contribution >= 0.6 is 15.9 Å². The molecule has 2 N–H and O–H groups in total. The molecule has 25 heavy (non-hydrogen) atoms. The third kappa shape index (κ3) is 3.15. The minimum Gasteiger partial charge on any atom is -0.507 e. The molecule has 2 aliphatic heterocycles. The summed E-state index contributed by atoms with van der Waals surface area (Å²) in [7, 11) is 2.17. The molecule has 1 aromatic rings. The molecule has 1 fully saturated rings. The number of likely N-dealkylation sites (N-methyl/N-ethyl adjacent to an activating group) is 1. The lowest BCUT2D eigenvalue weighted by Gasteiger charge is -2.31. The molecular weight excluding hydrogens is 376 g/mol. The molecule has 0 spiro atoms. The van der Waals surface area contributed by atoms with Crippen molar-refractivity contribution in [1.29, 1.82) is 0 Å². The number of hydrogen-bond acceptors (Lipinski definition) is 3. The van der Waals surface area contributed by atoms with Gasteiger partial charge in [0.1, 0.15) is 5.75 Å². The maximum Gasteiger partial charge on any atom is 0.125 e. The molecule has 3 rings (SSSR count). The van der Waals surface area contributed by atoms with Crippen LogP contribution in [-0.2, 0) is 11.8 Å². The topological polar surface area (TPSA) is 35.5 Å². The summed E-state index contributed by atoms with van der Waals surface area (Å²) in [6.45, 7) is 9.53. The zero-order valence-corrected chi connectivity index (χ0v) is 17.5. The first-order valence-corrected chi connectivity index (χ1v) is 9.84. The third-order valence-corrected chi connectivity index (χ3v) is 6.21. The quantitative estimate of drug-likeness (QED) is 0.664. The molecule has 0 saturated carbocycles. The van der Waals surface area contributed by atoms with Crippen LogP contribution in [0.2, 0.25) is 0 Å². The fourth-order valence-corrected chi connectivity index (χ4v) is 4.79. The lowest BCUT2D eigenvalue weighted by molar-refractivity contribution is 0.282. The Balaban J connectivity index is 2.14. The molecule has 4 heteroatoms. The highest BCUT2D eigenvalue weighted by Gasteiger charge is 2.54. The molecule has 3 nitrogen and oxygen atoms in total. The first-order chi connectivity index (χ1) is 11.8. The number of nitrogens with zero attached hydrogens (tertiary/aromatic N) is 1. The van der Waals surface area contributed by atoms with Gasteiger partial charge in [-0.1, -0.05) is 23.3 Å². The molecule has 1 saturated heterocycles. The summed E-state index contributed by atoms with van der Waals surface area (Å²) in [5, 5.41) is 14.9. The smallest absolute Gasteiger partial charge is 0.125 e. The van der Waals surface area contributed by atoms with E-state index in [2.05, 4.69) is 79.1 Å². The predicted octanol–water partition coefficient (Wildman–Crippen LogP) is 5.34. The summed E-state index contributed by atoms with van der Waals surface area (Å²) in [5.74, 6) is 0.475. The molecule has 0 aromatic heterocycles. The summed E-state index contributed by atoms with van der Waals surface area (Å²) < 4.78 is 1.05. The average Bonchev–Trinajstić information content (AvgIpc) is 3.03. The van der Waals surface area contributed by atoms with Crippen LogP contribution in [0.5, 0.6) is 5.75 Å². The number of nitrogens with one attached hydrogen (secondary N) is 1. The van der Waals surface area contributed by atoms with Gasteiger partial charge in [0.05, 0.1) is 11.9 Å². The molecule has 0 amide bonds. The molecular formula is C21H29BrN2O. The molecule has 0 radical (unpaired) electrons. The monoisotopic (exact) mass is 404 g/mol. The zero-order valence-electron chi connectivity index (χ0n) is 15.9. The van der Waals surface area contributed by atoms with Gasteiger partial charge in [0.15, 0.2) is 0 Å². The molecule has 2 aliphatic rings. The number of anilines is 1. The second-order valence-electron chi connectivity index (χ2n) is 8.02. The van der Waals surface area contributed by atoms with Crippen LogP contribution in [0.25, 0.3) is 0 Å². The maximum atomic E-state index is 11.2. The third-order valence-electron chi connectivity index (χ3n) is 5.59. The number of likely N-dealkylation sites (tertiary alicyclic amines) is 1. The lowest BCUT2D eigenvalue weighted by atomic mass is 9.75. The Kier molecular flexibility index (Phi) is 5.04. The Hall–Kier alpha value is -1.26. The van der Waals surface area contributed by atoms with Gasteiger partial charge in [-0.2, -0.15) is 0 Å². The van der Waals surface area contributed by atoms with Crippen LogP contribution in [0.1, 0.15) is 51.7 Å². The first kappa shape index (κ1) is 18.5. The van der Waals surface area contributed by atoms with Crippen molar-refractivity contribution in [2.24, 2.45) is 0 Å². The second-order valence-corrected chi connectivity index (χ2v) is 8.88. The second kappa shape index (κ2) is 6.81. The van der Waals surface area contributed by atoms with Gasteiger partial charge >= 0.3 is 0 Å². The number of phenolic OH excluding ortho intramolecular Hbond substituents is 1. The van der Waals surface area contributed by atoms with Crippen molar-refractivity contribution in [2.75, 3.05) is 18.9 Å². The number of benzene rings is 1. The fraction of sp³-hybridized carbons (Fsp3) is 0.524. The van der Waals surface area contributed by atoms with Crippen molar-refractivity contribution in [3.63, 3.8) is 0 Å². The normalized spacial score (nSPS) is 24.5. The van der Waals surface area contributed by atoms with Gasteiger partial charge in [-0.25, -0.2) is 0 Å².